The molecule has 0 spiro atoms. The number of nitrogens with zero attached hydrogens (tertiary/aromatic N) is 1. The van der Waals surface area contributed by atoms with E-state index < -0.39 is 35.2 Å². The highest BCUT2D eigenvalue weighted by Gasteiger charge is 2.51. The standard InChI is InChI=1S/C32H36BNO10/c1-31(2)32(3,4)44-33(43-31)25-12-11-24(28(18-25)40-6)20-42-30(36)17-22-7-10-23(27(15-22)39-5)19-41-29(35)16-21-8-13-26(14-9-21)34(37)38/h7-15,18H,16-17,19-20H2,1-6H3. The first-order valence-corrected chi connectivity index (χ1v) is 14.0. The van der Waals surface area contributed by atoms with Crippen molar-refractivity contribution >= 4 is 30.2 Å². The Morgan fingerprint density at radius 1 is 0.750 bits per heavy atom. The Balaban J connectivity index is 1.30. The zero-order chi connectivity index (χ0) is 32.1. The van der Waals surface area contributed by atoms with Crippen molar-refractivity contribution in [3.05, 3.63) is 93.0 Å². The number of hydrogen-bond acceptors (Lipinski definition) is 10. The van der Waals surface area contributed by atoms with Crippen LogP contribution in [0, 0.1) is 10.1 Å². The van der Waals surface area contributed by atoms with Crippen molar-refractivity contribution in [2.45, 2.75) is 65.0 Å². The van der Waals surface area contributed by atoms with E-state index in [9.17, 15) is 19.7 Å². The van der Waals surface area contributed by atoms with Gasteiger partial charge >= 0.3 is 19.1 Å². The number of carbonyl (C=O) groups is 2. The van der Waals surface area contributed by atoms with Crippen molar-refractivity contribution in [1.82, 2.24) is 0 Å². The van der Waals surface area contributed by atoms with Gasteiger partial charge in [0.05, 0.1) is 43.2 Å². The molecule has 1 heterocycles. The molecule has 0 bridgehead atoms. The maximum absolute atomic E-state index is 12.7. The second-order valence-corrected chi connectivity index (χ2v) is 11.4. The quantitative estimate of drug-likeness (QED) is 0.126. The molecule has 1 saturated heterocycles. The van der Waals surface area contributed by atoms with Crippen molar-refractivity contribution in [2.75, 3.05) is 14.2 Å². The fourth-order valence-corrected chi connectivity index (χ4v) is 4.51. The smallest absolute Gasteiger partial charge is 0.494 e. The van der Waals surface area contributed by atoms with E-state index in [-0.39, 0.29) is 31.7 Å². The molecule has 0 radical (unpaired) electrons. The average Bonchev–Trinajstić information content (AvgIpc) is 3.21. The number of methoxy groups -OCH3 is 2. The molecule has 0 aromatic heterocycles. The van der Waals surface area contributed by atoms with Crippen LogP contribution in [-0.4, -0.2) is 49.4 Å². The van der Waals surface area contributed by atoms with Gasteiger partial charge in [-0.1, -0.05) is 36.4 Å². The van der Waals surface area contributed by atoms with Crippen LogP contribution in [0.15, 0.2) is 60.7 Å². The minimum atomic E-state index is -0.540. The third-order valence-corrected chi connectivity index (χ3v) is 7.81. The predicted octanol–water partition coefficient (Wildman–Crippen LogP) is 4.48. The zero-order valence-electron chi connectivity index (χ0n) is 25.7. The van der Waals surface area contributed by atoms with Gasteiger partial charge in [-0.15, -0.1) is 0 Å². The molecule has 1 aliphatic heterocycles. The Bertz CT molecular complexity index is 1500. The first-order valence-electron chi connectivity index (χ1n) is 14.0. The number of nitro benzene ring substituents is 1. The van der Waals surface area contributed by atoms with E-state index in [0.29, 0.717) is 33.8 Å². The molecule has 3 aromatic carbocycles. The molecular weight excluding hydrogens is 569 g/mol. The van der Waals surface area contributed by atoms with Crippen LogP contribution in [0.2, 0.25) is 0 Å². The van der Waals surface area contributed by atoms with Crippen LogP contribution in [0.1, 0.15) is 49.9 Å². The third kappa shape index (κ3) is 7.75. The molecule has 1 aliphatic rings. The van der Waals surface area contributed by atoms with Gasteiger partial charge in [-0.05, 0) is 56.4 Å². The lowest BCUT2D eigenvalue weighted by molar-refractivity contribution is -0.384. The van der Waals surface area contributed by atoms with Gasteiger partial charge < -0.3 is 28.3 Å². The molecule has 0 aliphatic carbocycles. The number of esters is 2. The van der Waals surface area contributed by atoms with E-state index in [4.69, 9.17) is 28.3 Å². The van der Waals surface area contributed by atoms with Gasteiger partial charge in [-0.2, -0.15) is 0 Å². The molecule has 44 heavy (non-hydrogen) atoms. The molecule has 11 nitrogen and oxygen atoms in total. The Morgan fingerprint density at radius 3 is 1.75 bits per heavy atom. The maximum Gasteiger partial charge on any atom is 0.494 e. The summed E-state index contributed by atoms with van der Waals surface area (Å²) < 4.78 is 34.2. The van der Waals surface area contributed by atoms with Gasteiger partial charge in [0.15, 0.2) is 0 Å². The van der Waals surface area contributed by atoms with E-state index in [1.165, 1.54) is 31.4 Å². The number of carbonyl (C=O) groups excluding carboxylic acids is 2. The summed E-state index contributed by atoms with van der Waals surface area (Å²) >= 11 is 0. The summed E-state index contributed by atoms with van der Waals surface area (Å²) in [6.45, 7) is 7.93. The highest BCUT2D eigenvalue weighted by atomic mass is 16.7. The number of benzene rings is 3. The van der Waals surface area contributed by atoms with Crippen LogP contribution in [0.25, 0.3) is 0 Å². The van der Waals surface area contributed by atoms with Crippen LogP contribution in [0.4, 0.5) is 5.69 Å². The van der Waals surface area contributed by atoms with E-state index in [1.54, 1.807) is 25.3 Å². The lowest BCUT2D eigenvalue weighted by Gasteiger charge is -2.32. The van der Waals surface area contributed by atoms with Crippen LogP contribution in [0.5, 0.6) is 11.5 Å². The molecule has 4 rings (SSSR count). The highest BCUT2D eigenvalue weighted by Crippen LogP contribution is 2.37. The maximum atomic E-state index is 12.7. The number of nitro groups is 1. The van der Waals surface area contributed by atoms with Crippen LogP contribution in [-0.2, 0) is 54.4 Å². The molecule has 0 atom stereocenters. The molecule has 3 aromatic rings. The first-order chi connectivity index (χ1) is 20.8. The number of rotatable bonds is 12. The lowest BCUT2D eigenvalue weighted by Crippen LogP contribution is -2.41. The van der Waals surface area contributed by atoms with E-state index >= 15 is 0 Å². The van der Waals surface area contributed by atoms with Crippen LogP contribution in [0.3, 0.4) is 0 Å². The molecule has 0 amide bonds. The summed E-state index contributed by atoms with van der Waals surface area (Å²) in [5.41, 5.74) is 2.39. The summed E-state index contributed by atoms with van der Waals surface area (Å²) in [6.07, 6.45) is -0.0267. The van der Waals surface area contributed by atoms with Crippen molar-refractivity contribution in [2.24, 2.45) is 0 Å². The summed E-state index contributed by atoms with van der Waals surface area (Å²) in [6, 6.07) is 16.4. The molecule has 1 fully saturated rings. The molecular formula is C32H36BNO10. The topological polar surface area (TPSA) is 133 Å². The van der Waals surface area contributed by atoms with Gasteiger partial charge in [0.1, 0.15) is 24.7 Å². The second-order valence-electron chi connectivity index (χ2n) is 11.4. The zero-order valence-corrected chi connectivity index (χ0v) is 25.7. The van der Waals surface area contributed by atoms with Gasteiger partial charge in [0.2, 0.25) is 0 Å². The van der Waals surface area contributed by atoms with Gasteiger partial charge in [0, 0.05) is 23.3 Å². The van der Waals surface area contributed by atoms with Crippen molar-refractivity contribution in [3.63, 3.8) is 0 Å². The second kappa shape index (κ2) is 13.5. The van der Waals surface area contributed by atoms with Gasteiger partial charge in [-0.3, -0.25) is 19.7 Å². The molecule has 0 saturated carbocycles. The fourth-order valence-electron chi connectivity index (χ4n) is 4.51. The van der Waals surface area contributed by atoms with Crippen LogP contribution >= 0.6 is 0 Å². The van der Waals surface area contributed by atoms with Gasteiger partial charge in [0.25, 0.3) is 5.69 Å². The van der Waals surface area contributed by atoms with Crippen molar-refractivity contribution in [1.29, 1.82) is 0 Å². The van der Waals surface area contributed by atoms with E-state index in [1.807, 2.05) is 45.9 Å². The Morgan fingerprint density at radius 2 is 1.23 bits per heavy atom. The van der Waals surface area contributed by atoms with E-state index in [0.717, 1.165) is 5.46 Å². The molecule has 12 heteroatoms. The first kappa shape index (κ1) is 32.5. The normalized spacial score (nSPS) is 15.0. The van der Waals surface area contributed by atoms with E-state index in [2.05, 4.69) is 0 Å². The predicted molar refractivity (Wildman–Crippen MR) is 162 cm³/mol. The summed E-state index contributed by atoms with van der Waals surface area (Å²) in [7, 11) is 2.50. The van der Waals surface area contributed by atoms with Crippen LogP contribution < -0.4 is 14.9 Å². The SMILES string of the molecule is COc1cc(CC(=O)OCc2ccc(B3OC(C)(C)C(C)(C)O3)cc2OC)ccc1COC(=O)Cc1ccc([N+](=O)[O-])cc1. The highest BCUT2D eigenvalue weighted by molar-refractivity contribution is 6.62. The molecule has 232 valence electrons. The number of hydrogen-bond donors (Lipinski definition) is 0. The summed E-state index contributed by atoms with van der Waals surface area (Å²) in [4.78, 5) is 35.3. The third-order valence-electron chi connectivity index (χ3n) is 7.81. The van der Waals surface area contributed by atoms with Crippen molar-refractivity contribution in [3.8, 4) is 11.5 Å². The monoisotopic (exact) mass is 605 g/mol. The Kier molecular flexibility index (Phi) is 9.96. The molecule has 0 unspecified atom stereocenters. The molecule has 0 N–H and O–H groups in total. The summed E-state index contributed by atoms with van der Waals surface area (Å²) in [5, 5.41) is 10.8. The van der Waals surface area contributed by atoms with Gasteiger partial charge in [-0.25, -0.2) is 0 Å². The fraction of sp³-hybridized carbons (Fsp3) is 0.375. The Labute approximate surface area is 256 Å². The average molecular weight is 605 g/mol. The minimum Gasteiger partial charge on any atom is -0.496 e. The number of non-ortho nitro benzene ring substituents is 1. The Hall–Kier alpha value is -4.42. The van der Waals surface area contributed by atoms with Crippen molar-refractivity contribution < 1.29 is 42.8 Å². The minimum absolute atomic E-state index is 0.00485. The largest absolute Gasteiger partial charge is 0.496 e. The number of ether oxygens (including phenoxy) is 4. The lowest BCUT2D eigenvalue weighted by atomic mass is 9.78. The summed E-state index contributed by atoms with van der Waals surface area (Å²) in [5.74, 6) is 0.0805.